The molecule has 1 atom stereocenters. The number of amides is 1. The number of aromatic nitrogens is 2. The minimum atomic E-state index is -0.130. The van der Waals surface area contributed by atoms with Crippen LogP contribution < -0.4 is 5.56 Å². The fourth-order valence-corrected chi connectivity index (χ4v) is 4.40. The number of hydrogen-bond acceptors (Lipinski definition) is 4. The number of likely N-dealkylation sites (tertiary alicyclic amines) is 1. The first-order chi connectivity index (χ1) is 13.9. The average molecular weight is 395 g/mol. The van der Waals surface area contributed by atoms with E-state index in [1.807, 2.05) is 36.1 Å². The SMILES string of the molecule is Cc1ccc(CC(=O)N2CCC[C@@H]2c2nc3c(c(=O)[nH]2)CN(C(C)C)CC3)cc1. The van der Waals surface area contributed by atoms with E-state index in [-0.39, 0.29) is 17.5 Å². The average Bonchev–Trinajstić information content (AvgIpc) is 3.19. The van der Waals surface area contributed by atoms with Crippen LogP contribution in [-0.4, -0.2) is 44.8 Å². The van der Waals surface area contributed by atoms with Gasteiger partial charge in [-0.15, -0.1) is 0 Å². The quantitative estimate of drug-likeness (QED) is 0.866. The maximum atomic E-state index is 13.0. The molecular formula is C23H30N4O2. The summed E-state index contributed by atoms with van der Waals surface area (Å²) >= 11 is 0. The predicted octanol–water partition coefficient (Wildman–Crippen LogP) is 2.75. The highest BCUT2D eigenvalue weighted by atomic mass is 16.2. The summed E-state index contributed by atoms with van der Waals surface area (Å²) in [6.07, 6.45) is 2.95. The Morgan fingerprint density at radius 3 is 2.72 bits per heavy atom. The molecule has 6 nitrogen and oxygen atoms in total. The third-order valence-electron chi connectivity index (χ3n) is 6.21. The molecule has 29 heavy (non-hydrogen) atoms. The Labute approximate surface area is 172 Å². The molecule has 154 valence electrons. The Morgan fingerprint density at radius 2 is 2.00 bits per heavy atom. The van der Waals surface area contributed by atoms with E-state index in [9.17, 15) is 9.59 Å². The second-order valence-corrected chi connectivity index (χ2v) is 8.60. The monoisotopic (exact) mass is 394 g/mol. The van der Waals surface area contributed by atoms with E-state index in [2.05, 4.69) is 23.7 Å². The van der Waals surface area contributed by atoms with Crippen LogP contribution in [0.5, 0.6) is 0 Å². The summed E-state index contributed by atoms with van der Waals surface area (Å²) < 4.78 is 0. The van der Waals surface area contributed by atoms with Crippen molar-refractivity contribution >= 4 is 5.91 Å². The summed E-state index contributed by atoms with van der Waals surface area (Å²) in [5.41, 5.74) is 3.84. The first-order valence-electron chi connectivity index (χ1n) is 10.6. The topological polar surface area (TPSA) is 69.3 Å². The fraction of sp³-hybridized carbons (Fsp3) is 0.522. The molecular weight excluding hydrogens is 364 g/mol. The van der Waals surface area contributed by atoms with Crippen molar-refractivity contribution in [1.82, 2.24) is 19.8 Å². The Balaban J connectivity index is 1.54. The summed E-state index contributed by atoms with van der Waals surface area (Å²) in [7, 11) is 0. The number of H-pyrrole nitrogens is 1. The highest BCUT2D eigenvalue weighted by molar-refractivity contribution is 5.79. The van der Waals surface area contributed by atoms with E-state index < -0.39 is 0 Å². The molecule has 0 unspecified atom stereocenters. The molecule has 0 aliphatic carbocycles. The number of rotatable bonds is 4. The van der Waals surface area contributed by atoms with Gasteiger partial charge in [-0.3, -0.25) is 14.5 Å². The zero-order valence-electron chi connectivity index (χ0n) is 17.6. The number of nitrogens with one attached hydrogen (secondary N) is 1. The van der Waals surface area contributed by atoms with Crippen LogP contribution in [0.2, 0.25) is 0 Å². The summed E-state index contributed by atoms with van der Waals surface area (Å²) in [5, 5.41) is 0. The van der Waals surface area contributed by atoms with Gasteiger partial charge in [0.15, 0.2) is 0 Å². The van der Waals surface area contributed by atoms with Gasteiger partial charge in [-0.25, -0.2) is 4.98 Å². The molecule has 0 radical (unpaired) electrons. The largest absolute Gasteiger partial charge is 0.332 e. The Hall–Kier alpha value is -2.47. The van der Waals surface area contributed by atoms with E-state index in [4.69, 9.17) is 4.98 Å². The molecule has 1 fully saturated rings. The lowest BCUT2D eigenvalue weighted by Crippen LogP contribution is -2.40. The van der Waals surface area contributed by atoms with Gasteiger partial charge in [0.05, 0.1) is 23.7 Å². The van der Waals surface area contributed by atoms with Gasteiger partial charge in [0.25, 0.3) is 5.56 Å². The summed E-state index contributed by atoms with van der Waals surface area (Å²) in [5.74, 6) is 0.754. The van der Waals surface area contributed by atoms with Gasteiger partial charge in [0.1, 0.15) is 5.82 Å². The van der Waals surface area contributed by atoms with Gasteiger partial charge >= 0.3 is 0 Å². The smallest absolute Gasteiger partial charge is 0.255 e. The Kier molecular flexibility index (Phi) is 5.54. The van der Waals surface area contributed by atoms with E-state index in [1.54, 1.807) is 0 Å². The molecule has 1 amide bonds. The lowest BCUT2D eigenvalue weighted by atomic mass is 10.0. The van der Waals surface area contributed by atoms with Crippen molar-refractivity contribution in [2.75, 3.05) is 13.1 Å². The maximum absolute atomic E-state index is 13.0. The number of carbonyl (C=O) groups is 1. The third kappa shape index (κ3) is 4.13. The minimum absolute atomic E-state index is 0.0480. The van der Waals surface area contributed by atoms with Crippen LogP contribution in [-0.2, 0) is 24.2 Å². The van der Waals surface area contributed by atoms with Crippen molar-refractivity contribution in [3.8, 4) is 0 Å². The van der Waals surface area contributed by atoms with Gasteiger partial charge in [-0.05, 0) is 39.2 Å². The molecule has 0 bridgehead atoms. The minimum Gasteiger partial charge on any atom is -0.332 e. The normalized spacial score (nSPS) is 19.6. The molecule has 0 saturated carbocycles. The molecule has 1 aromatic heterocycles. The maximum Gasteiger partial charge on any atom is 0.255 e. The molecule has 6 heteroatoms. The number of fused-ring (bicyclic) bond motifs is 1. The second-order valence-electron chi connectivity index (χ2n) is 8.60. The first-order valence-corrected chi connectivity index (χ1v) is 10.6. The lowest BCUT2D eigenvalue weighted by Gasteiger charge is -2.31. The standard InChI is InChI=1S/C23H30N4O2/c1-15(2)26-12-10-19-18(14-26)23(29)25-22(24-19)20-5-4-11-27(20)21(28)13-17-8-6-16(3)7-9-17/h6-9,15,20H,4-5,10-14H2,1-3H3,(H,24,25,29)/t20-/m1/s1. The van der Waals surface area contributed by atoms with Crippen LogP contribution in [0.15, 0.2) is 29.1 Å². The van der Waals surface area contributed by atoms with Crippen molar-refractivity contribution in [2.45, 2.75) is 65.1 Å². The lowest BCUT2D eigenvalue weighted by molar-refractivity contribution is -0.131. The number of benzene rings is 1. The highest BCUT2D eigenvalue weighted by Gasteiger charge is 2.33. The summed E-state index contributed by atoms with van der Waals surface area (Å²) in [6.45, 7) is 8.63. The number of hydrogen-bond donors (Lipinski definition) is 1. The van der Waals surface area contributed by atoms with Gasteiger partial charge in [0.2, 0.25) is 5.91 Å². The van der Waals surface area contributed by atoms with Crippen molar-refractivity contribution in [3.05, 3.63) is 62.8 Å². The Morgan fingerprint density at radius 1 is 1.24 bits per heavy atom. The first kappa shape index (κ1) is 19.8. The van der Waals surface area contributed by atoms with Crippen molar-refractivity contribution in [1.29, 1.82) is 0 Å². The molecule has 4 rings (SSSR count). The van der Waals surface area contributed by atoms with E-state index >= 15 is 0 Å². The molecule has 1 aromatic carbocycles. The van der Waals surface area contributed by atoms with E-state index in [0.717, 1.165) is 49.2 Å². The van der Waals surface area contributed by atoms with E-state index in [1.165, 1.54) is 5.56 Å². The Bertz CT molecular complexity index is 948. The van der Waals surface area contributed by atoms with Crippen LogP contribution in [0.3, 0.4) is 0 Å². The van der Waals surface area contributed by atoms with Crippen LogP contribution in [0, 0.1) is 6.92 Å². The molecule has 3 heterocycles. The number of carbonyl (C=O) groups excluding carboxylic acids is 1. The predicted molar refractivity (Wildman–Crippen MR) is 113 cm³/mol. The highest BCUT2D eigenvalue weighted by Crippen LogP contribution is 2.31. The van der Waals surface area contributed by atoms with Gasteiger partial charge in [0, 0.05) is 32.1 Å². The molecule has 0 spiro atoms. The number of aryl methyl sites for hydroxylation is 1. The van der Waals surface area contributed by atoms with E-state index in [0.29, 0.717) is 24.8 Å². The second kappa shape index (κ2) is 8.11. The molecule has 1 saturated heterocycles. The summed E-state index contributed by atoms with van der Waals surface area (Å²) in [4.78, 5) is 37.8. The molecule has 2 aliphatic rings. The van der Waals surface area contributed by atoms with Crippen LogP contribution in [0.1, 0.15) is 60.9 Å². The van der Waals surface area contributed by atoms with Gasteiger partial charge in [-0.2, -0.15) is 0 Å². The number of nitrogens with zero attached hydrogens (tertiary/aromatic N) is 3. The van der Waals surface area contributed by atoms with Crippen LogP contribution >= 0.6 is 0 Å². The molecule has 1 N–H and O–H groups in total. The zero-order chi connectivity index (χ0) is 20.5. The van der Waals surface area contributed by atoms with Gasteiger partial charge < -0.3 is 9.88 Å². The van der Waals surface area contributed by atoms with Gasteiger partial charge in [-0.1, -0.05) is 29.8 Å². The van der Waals surface area contributed by atoms with Crippen LogP contribution in [0.4, 0.5) is 0 Å². The summed E-state index contributed by atoms with van der Waals surface area (Å²) in [6, 6.07) is 8.37. The molecule has 2 aromatic rings. The van der Waals surface area contributed by atoms with Crippen molar-refractivity contribution in [3.63, 3.8) is 0 Å². The molecule has 2 aliphatic heterocycles. The van der Waals surface area contributed by atoms with Crippen LogP contribution in [0.25, 0.3) is 0 Å². The van der Waals surface area contributed by atoms with Crippen molar-refractivity contribution in [2.24, 2.45) is 0 Å². The number of aromatic amines is 1. The zero-order valence-corrected chi connectivity index (χ0v) is 17.6. The van der Waals surface area contributed by atoms with Crippen molar-refractivity contribution < 1.29 is 4.79 Å². The fourth-order valence-electron chi connectivity index (χ4n) is 4.40. The third-order valence-corrected chi connectivity index (χ3v) is 6.21.